The zero-order valence-corrected chi connectivity index (χ0v) is 33.8. The summed E-state index contributed by atoms with van der Waals surface area (Å²) in [5.74, 6) is 0. The van der Waals surface area contributed by atoms with Crippen molar-refractivity contribution in [1.29, 1.82) is 0 Å². The molecule has 238 valence electrons. The van der Waals surface area contributed by atoms with Crippen molar-refractivity contribution in [3.05, 3.63) is 217 Å². The Morgan fingerprint density at radius 2 is 0.480 bits per heavy atom. The maximum atomic E-state index is 2.59. The molecule has 0 saturated carbocycles. The normalized spacial score (nSPS) is 12.6. The fraction of sp³-hybridized carbons (Fsp3) is 0.0417. The van der Waals surface area contributed by atoms with E-state index in [4.69, 9.17) is 0 Å². The Balaban J connectivity index is 1.54. The molecule has 0 N–H and O–H groups in total. The van der Waals surface area contributed by atoms with Gasteiger partial charge in [0.15, 0.2) is 0 Å². The standard InChI is InChI=1S/C12H8.6C6H5.2Sn/c1-3-9-4-2-6-11-8-7-10(5-1)12(9)11;6*1-2-4-6-5-3-1;;/h1-2,5-6H,7-8H2;6*1-5H;;. The summed E-state index contributed by atoms with van der Waals surface area (Å²) in [4.78, 5) is 0. The topological polar surface area (TPSA) is 0 Å². The zero-order chi connectivity index (χ0) is 33.4. The molecule has 8 aromatic carbocycles. The number of aryl methyl sites for hydroxylation is 2. The summed E-state index contributed by atoms with van der Waals surface area (Å²) in [6, 6.07) is 79.5. The van der Waals surface area contributed by atoms with Crippen molar-refractivity contribution >= 4 is 76.2 Å². The molecular formula is C48H38Sn2. The van der Waals surface area contributed by atoms with Crippen LogP contribution in [0.25, 0.3) is 10.8 Å². The second-order valence-corrected chi connectivity index (χ2v) is 35.0. The summed E-state index contributed by atoms with van der Waals surface area (Å²) >= 11 is -8.09. The molecular weight excluding hydrogens is 814 g/mol. The van der Waals surface area contributed by atoms with E-state index in [1.165, 1.54) is 43.4 Å². The van der Waals surface area contributed by atoms with Gasteiger partial charge < -0.3 is 0 Å². The van der Waals surface area contributed by atoms with E-state index in [1.54, 1.807) is 7.16 Å². The first kappa shape index (κ1) is 31.6. The van der Waals surface area contributed by atoms with Gasteiger partial charge in [0.2, 0.25) is 0 Å². The molecule has 1 aliphatic carbocycles. The summed E-state index contributed by atoms with van der Waals surface area (Å²) in [5.41, 5.74) is 3.01. The maximum absolute atomic E-state index is 4.04. The molecule has 0 radical (unpaired) electrons. The first-order valence-corrected chi connectivity index (χ1v) is 29.2. The summed E-state index contributed by atoms with van der Waals surface area (Å²) in [7, 11) is 0. The van der Waals surface area contributed by atoms with E-state index >= 15 is 0 Å². The van der Waals surface area contributed by atoms with Gasteiger partial charge in [-0.05, 0) is 0 Å². The van der Waals surface area contributed by atoms with Crippen molar-refractivity contribution in [2.75, 3.05) is 0 Å². The van der Waals surface area contributed by atoms with Crippen molar-refractivity contribution < 1.29 is 0 Å². The summed E-state index contributed by atoms with van der Waals surface area (Å²) in [5, 5.41) is 3.06. The van der Waals surface area contributed by atoms with Crippen LogP contribution in [0.4, 0.5) is 0 Å². The number of benzene rings is 8. The van der Waals surface area contributed by atoms with E-state index in [1.807, 2.05) is 0 Å². The third kappa shape index (κ3) is 4.94. The van der Waals surface area contributed by atoms with Crippen LogP contribution in [0.1, 0.15) is 11.1 Å². The molecule has 0 nitrogen and oxygen atoms in total. The Bertz CT molecular complexity index is 2030. The molecule has 0 aliphatic heterocycles. The Hall–Kier alpha value is -4.38. The first-order chi connectivity index (χ1) is 24.8. The van der Waals surface area contributed by atoms with Gasteiger partial charge in [-0.25, -0.2) is 0 Å². The zero-order valence-electron chi connectivity index (χ0n) is 28.0. The molecule has 0 fully saturated rings. The number of hydrogen-bond acceptors (Lipinski definition) is 0. The van der Waals surface area contributed by atoms with Gasteiger partial charge in [-0.2, -0.15) is 0 Å². The van der Waals surface area contributed by atoms with Crippen molar-refractivity contribution in [2.45, 2.75) is 12.8 Å². The van der Waals surface area contributed by atoms with Crippen LogP contribution in [0.5, 0.6) is 0 Å². The van der Waals surface area contributed by atoms with Gasteiger partial charge in [0.25, 0.3) is 0 Å². The summed E-state index contributed by atoms with van der Waals surface area (Å²) in [6.07, 6.45) is 2.20. The minimum atomic E-state index is -4.04. The number of rotatable bonds is 8. The minimum absolute atomic E-state index is 1.10. The van der Waals surface area contributed by atoms with Crippen LogP contribution in [0.15, 0.2) is 206 Å². The van der Waals surface area contributed by atoms with E-state index in [9.17, 15) is 0 Å². The molecule has 0 atom stereocenters. The fourth-order valence-electron chi connectivity index (χ4n) is 9.02. The van der Waals surface area contributed by atoms with E-state index in [2.05, 4.69) is 206 Å². The molecule has 0 bridgehead atoms. The second-order valence-electron chi connectivity index (χ2n) is 13.5. The number of hydrogen-bond donors (Lipinski definition) is 0. The van der Waals surface area contributed by atoms with Crippen LogP contribution in [-0.4, -0.2) is 36.8 Å². The van der Waals surface area contributed by atoms with Crippen LogP contribution in [0.3, 0.4) is 0 Å². The van der Waals surface area contributed by atoms with E-state index < -0.39 is 36.8 Å². The van der Waals surface area contributed by atoms with Crippen molar-refractivity contribution in [2.24, 2.45) is 0 Å². The SMILES string of the molecule is c1cc[c]([Sn]([c]2ccccc2)([c]2ccccc2)[c]2ccc3c4c(cc[c]([Sn]([c]5ccccc5)([c]5ccccc5)[c]5ccccc5)c24)CC3)cc1. The molecule has 0 saturated heterocycles. The van der Waals surface area contributed by atoms with Gasteiger partial charge in [-0.15, -0.1) is 0 Å². The van der Waals surface area contributed by atoms with Gasteiger partial charge in [0.1, 0.15) is 0 Å². The van der Waals surface area contributed by atoms with Gasteiger partial charge in [-0.1, -0.05) is 0 Å². The van der Waals surface area contributed by atoms with Crippen LogP contribution in [0.2, 0.25) is 0 Å². The first-order valence-electron chi connectivity index (χ1n) is 17.7. The quantitative estimate of drug-likeness (QED) is 0.173. The molecule has 2 heteroatoms. The molecule has 0 heterocycles. The third-order valence-corrected chi connectivity index (χ3v) is 38.6. The molecule has 50 heavy (non-hydrogen) atoms. The Kier molecular flexibility index (Phi) is 8.46. The summed E-state index contributed by atoms with van der Waals surface area (Å²) in [6.45, 7) is 0. The second kappa shape index (κ2) is 13.4. The predicted octanol–water partition coefficient (Wildman–Crippen LogP) is 5.69. The molecule has 9 rings (SSSR count). The molecule has 0 spiro atoms. The average Bonchev–Trinajstić information content (AvgIpc) is 3.63. The fourth-order valence-corrected chi connectivity index (χ4v) is 38.5. The molecule has 0 amide bonds. The Morgan fingerprint density at radius 1 is 0.240 bits per heavy atom. The monoisotopic (exact) mass is 854 g/mol. The molecule has 0 aromatic heterocycles. The van der Waals surface area contributed by atoms with Gasteiger partial charge in [-0.3, -0.25) is 0 Å². The Labute approximate surface area is 303 Å². The van der Waals surface area contributed by atoms with Crippen LogP contribution in [0, 0.1) is 0 Å². The van der Waals surface area contributed by atoms with Gasteiger partial charge in [0, 0.05) is 0 Å². The van der Waals surface area contributed by atoms with Crippen molar-refractivity contribution in [3.63, 3.8) is 0 Å². The summed E-state index contributed by atoms with van der Waals surface area (Å²) < 4.78 is 12.1. The van der Waals surface area contributed by atoms with E-state index in [0.29, 0.717) is 0 Å². The Morgan fingerprint density at radius 3 is 0.720 bits per heavy atom. The molecule has 1 aliphatic rings. The van der Waals surface area contributed by atoms with Crippen LogP contribution < -0.4 is 28.6 Å². The molecule has 8 aromatic rings. The average molecular weight is 852 g/mol. The predicted molar refractivity (Wildman–Crippen MR) is 219 cm³/mol. The van der Waals surface area contributed by atoms with Crippen LogP contribution in [-0.2, 0) is 12.8 Å². The van der Waals surface area contributed by atoms with E-state index in [0.717, 1.165) is 12.8 Å². The van der Waals surface area contributed by atoms with Crippen molar-refractivity contribution in [3.8, 4) is 0 Å². The van der Waals surface area contributed by atoms with Gasteiger partial charge >= 0.3 is 306 Å². The third-order valence-electron chi connectivity index (χ3n) is 11.0. The van der Waals surface area contributed by atoms with Gasteiger partial charge in [0.05, 0.1) is 0 Å². The van der Waals surface area contributed by atoms with Crippen molar-refractivity contribution in [1.82, 2.24) is 0 Å². The van der Waals surface area contributed by atoms with E-state index in [-0.39, 0.29) is 0 Å². The van der Waals surface area contributed by atoms with Crippen LogP contribution >= 0.6 is 0 Å². The molecule has 0 unspecified atom stereocenters.